The number of nitrogens with zero attached hydrogens (tertiary/aromatic N) is 2. The molecule has 0 saturated heterocycles. The van der Waals surface area contributed by atoms with Crippen LogP contribution in [-0.4, -0.2) is 22.5 Å². The molecule has 1 aliphatic heterocycles. The maximum absolute atomic E-state index is 12.4. The molecule has 1 amide bonds. The summed E-state index contributed by atoms with van der Waals surface area (Å²) in [6.45, 7) is 3.21. The Labute approximate surface area is 112 Å². The third kappa shape index (κ3) is 2.38. The van der Waals surface area contributed by atoms with E-state index in [-0.39, 0.29) is 5.91 Å². The zero-order chi connectivity index (χ0) is 13.2. The topological polar surface area (TPSA) is 46.3 Å². The van der Waals surface area contributed by atoms with Gasteiger partial charge in [0.05, 0.1) is 0 Å². The third-order valence-corrected chi connectivity index (χ3v) is 3.49. The Morgan fingerprint density at radius 3 is 2.84 bits per heavy atom. The molecule has 4 heteroatoms. The Morgan fingerprint density at radius 2 is 2.11 bits per heavy atom. The second-order valence-electron chi connectivity index (χ2n) is 4.92. The first-order valence-corrected chi connectivity index (χ1v) is 6.53. The van der Waals surface area contributed by atoms with Crippen molar-refractivity contribution in [2.45, 2.75) is 26.3 Å². The molecule has 0 radical (unpaired) electrons. The average molecular weight is 256 g/mol. The summed E-state index contributed by atoms with van der Waals surface area (Å²) in [5.74, 6) is 0.618. The molecule has 0 atom stereocenters. The van der Waals surface area contributed by atoms with E-state index < -0.39 is 0 Å². The van der Waals surface area contributed by atoms with Crippen LogP contribution in [0.1, 0.15) is 33.8 Å². The summed E-state index contributed by atoms with van der Waals surface area (Å²) in [5.41, 5.74) is 2.97. The molecule has 19 heavy (non-hydrogen) atoms. The van der Waals surface area contributed by atoms with E-state index in [0.29, 0.717) is 18.0 Å². The molecule has 1 aliphatic rings. The minimum absolute atomic E-state index is 0.0476. The fourth-order valence-corrected chi connectivity index (χ4v) is 2.50. The van der Waals surface area contributed by atoms with Crippen molar-refractivity contribution >= 4 is 5.91 Å². The zero-order valence-corrected chi connectivity index (χ0v) is 10.9. The molecule has 0 N–H and O–H groups in total. The van der Waals surface area contributed by atoms with Crippen molar-refractivity contribution in [1.82, 2.24) is 10.1 Å². The molecule has 1 aromatic heterocycles. The minimum atomic E-state index is -0.0476. The molecule has 0 fully saturated rings. The Kier molecular flexibility index (Phi) is 3.07. The second-order valence-corrected chi connectivity index (χ2v) is 4.92. The van der Waals surface area contributed by atoms with E-state index in [1.807, 2.05) is 11.0 Å². The van der Waals surface area contributed by atoms with E-state index in [2.05, 4.69) is 23.4 Å². The maximum Gasteiger partial charge on any atom is 0.276 e. The first-order chi connectivity index (χ1) is 9.24. The van der Waals surface area contributed by atoms with Gasteiger partial charge in [-0.3, -0.25) is 4.79 Å². The van der Waals surface area contributed by atoms with E-state index in [0.717, 1.165) is 19.4 Å². The Bertz CT molecular complexity index is 604. The number of amides is 1. The predicted octanol–water partition coefficient (Wildman–Crippen LogP) is 2.57. The van der Waals surface area contributed by atoms with Crippen LogP contribution in [0.5, 0.6) is 0 Å². The molecule has 98 valence electrons. The summed E-state index contributed by atoms with van der Waals surface area (Å²) in [7, 11) is 0. The van der Waals surface area contributed by atoms with Gasteiger partial charge in [-0.25, -0.2) is 0 Å². The fourth-order valence-electron chi connectivity index (χ4n) is 2.50. The van der Waals surface area contributed by atoms with Crippen molar-refractivity contribution < 1.29 is 9.32 Å². The number of carbonyl (C=O) groups is 1. The largest absolute Gasteiger partial charge is 0.361 e. The number of hydrogen-bond donors (Lipinski definition) is 0. The highest BCUT2D eigenvalue weighted by atomic mass is 16.5. The molecule has 2 aromatic rings. The normalized spacial score (nSPS) is 14.9. The van der Waals surface area contributed by atoms with Gasteiger partial charge >= 0.3 is 0 Å². The van der Waals surface area contributed by atoms with Gasteiger partial charge in [0, 0.05) is 19.2 Å². The highest BCUT2D eigenvalue weighted by molar-refractivity contribution is 5.92. The van der Waals surface area contributed by atoms with Crippen molar-refractivity contribution in [2.75, 3.05) is 6.54 Å². The number of rotatable bonds is 1. The summed E-state index contributed by atoms with van der Waals surface area (Å²) in [6.07, 6.45) is 2.01. The number of carbonyl (C=O) groups excluding carboxylic acids is 1. The summed E-state index contributed by atoms with van der Waals surface area (Å²) in [5, 5.41) is 3.81. The highest BCUT2D eigenvalue weighted by Crippen LogP contribution is 2.19. The molecular weight excluding hydrogens is 240 g/mol. The quantitative estimate of drug-likeness (QED) is 0.787. The van der Waals surface area contributed by atoms with E-state index in [1.165, 1.54) is 11.1 Å². The van der Waals surface area contributed by atoms with Gasteiger partial charge in [-0.2, -0.15) is 0 Å². The smallest absolute Gasteiger partial charge is 0.276 e. The number of hydrogen-bond acceptors (Lipinski definition) is 3. The Morgan fingerprint density at radius 1 is 1.32 bits per heavy atom. The van der Waals surface area contributed by atoms with Gasteiger partial charge in [-0.15, -0.1) is 0 Å². The van der Waals surface area contributed by atoms with E-state index in [4.69, 9.17) is 4.52 Å². The summed E-state index contributed by atoms with van der Waals surface area (Å²) >= 11 is 0. The molecule has 0 unspecified atom stereocenters. The summed E-state index contributed by atoms with van der Waals surface area (Å²) < 4.78 is 4.98. The van der Waals surface area contributed by atoms with Crippen LogP contribution in [0.25, 0.3) is 0 Å². The summed E-state index contributed by atoms with van der Waals surface area (Å²) in [6, 6.07) is 10.0. The first-order valence-electron chi connectivity index (χ1n) is 6.53. The van der Waals surface area contributed by atoms with Crippen molar-refractivity contribution in [3.05, 3.63) is 52.9 Å². The van der Waals surface area contributed by atoms with E-state index >= 15 is 0 Å². The van der Waals surface area contributed by atoms with Crippen LogP contribution in [-0.2, 0) is 13.0 Å². The van der Waals surface area contributed by atoms with Crippen molar-refractivity contribution in [3.8, 4) is 0 Å². The van der Waals surface area contributed by atoms with Gasteiger partial charge in [-0.1, -0.05) is 29.4 Å². The lowest BCUT2D eigenvalue weighted by Crippen LogP contribution is -2.30. The Hall–Kier alpha value is -2.10. The Balaban J connectivity index is 1.84. The molecule has 2 heterocycles. The third-order valence-electron chi connectivity index (χ3n) is 3.49. The number of benzene rings is 1. The summed E-state index contributed by atoms with van der Waals surface area (Å²) in [4.78, 5) is 14.2. The second kappa shape index (κ2) is 4.88. The number of fused-ring (bicyclic) bond motifs is 1. The van der Waals surface area contributed by atoms with Crippen LogP contribution in [0, 0.1) is 6.92 Å². The van der Waals surface area contributed by atoms with Crippen molar-refractivity contribution in [3.63, 3.8) is 0 Å². The van der Waals surface area contributed by atoms with Gasteiger partial charge in [-0.05, 0) is 30.9 Å². The van der Waals surface area contributed by atoms with Crippen LogP contribution in [0.4, 0.5) is 0 Å². The lowest BCUT2D eigenvalue weighted by molar-refractivity contribution is 0.0735. The SMILES string of the molecule is Cc1cc(C(=O)N2CCCc3ccccc3C2)no1. The standard InChI is InChI=1S/C15H16N2O2/c1-11-9-14(16-19-11)15(18)17-8-4-7-12-5-2-3-6-13(12)10-17/h2-3,5-6,9H,4,7-8,10H2,1H3. The van der Waals surface area contributed by atoms with Gasteiger partial charge in [0.25, 0.3) is 5.91 Å². The van der Waals surface area contributed by atoms with Gasteiger partial charge in [0.15, 0.2) is 5.69 Å². The molecule has 0 bridgehead atoms. The zero-order valence-electron chi connectivity index (χ0n) is 10.9. The van der Waals surface area contributed by atoms with Crippen LogP contribution in [0.2, 0.25) is 0 Å². The van der Waals surface area contributed by atoms with Crippen LogP contribution < -0.4 is 0 Å². The molecule has 3 rings (SSSR count). The van der Waals surface area contributed by atoms with Crippen LogP contribution in [0.15, 0.2) is 34.9 Å². The molecule has 4 nitrogen and oxygen atoms in total. The van der Waals surface area contributed by atoms with E-state index in [9.17, 15) is 4.79 Å². The van der Waals surface area contributed by atoms with Gasteiger partial charge in [0.1, 0.15) is 5.76 Å². The lowest BCUT2D eigenvalue weighted by atomic mass is 10.0. The molecular formula is C15H16N2O2. The average Bonchev–Trinajstić information content (AvgIpc) is 2.74. The van der Waals surface area contributed by atoms with Gasteiger partial charge in [0.2, 0.25) is 0 Å². The number of aromatic nitrogens is 1. The lowest BCUT2D eigenvalue weighted by Gasteiger charge is -2.19. The van der Waals surface area contributed by atoms with Crippen LogP contribution in [0.3, 0.4) is 0 Å². The van der Waals surface area contributed by atoms with Crippen molar-refractivity contribution in [1.29, 1.82) is 0 Å². The molecule has 0 saturated carbocycles. The van der Waals surface area contributed by atoms with Crippen molar-refractivity contribution in [2.24, 2.45) is 0 Å². The monoisotopic (exact) mass is 256 g/mol. The fraction of sp³-hybridized carbons (Fsp3) is 0.333. The highest BCUT2D eigenvalue weighted by Gasteiger charge is 2.22. The first kappa shape index (κ1) is 12.0. The molecule has 0 aliphatic carbocycles. The maximum atomic E-state index is 12.4. The predicted molar refractivity (Wildman–Crippen MR) is 70.7 cm³/mol. The molecule has 0 spiro atoms. The minimum Gasteiger partial charge on any atom is -0.361 e. The van der Waals surface area contributed by atoms with E-state index in [1.54, 1.807) is 13.0 Å². The molecule has 1 aromatic carbocycles. The van der Waals surface area contributed by atoms with Crippen LogP contribution >= 0.6 is 0 Å². The van der Waals surface area contributed by atoms with Gasteiger partial charge < -0.3 is 9.42 Å². The number of aryl methyl sites for hydroxylation is 2.